The monoisotopic (exact) mass is 270 g/mol. The molecule has 0 atom stereocenters. The van der Waals surface area contributed by atoms with Crippen molar-refractivity contribution >= 4 is 23.4 Å². The maximum absolute atomic E-state index is 10.7. The molecule has 0 spiro atoms. The van der Waals surface area contributed by atoms with Gasteiger partial charge < -0.3 is 10.0 Å². The molecule has 0 bridgehead atoms. The minimum Gasteiger partial charge on any atom is -0.480 e. The molecule has 0 saturated carbocycles. The summed E-state index contributed by atoms with van der Waals surface area (Å²) in [7, 11) is 0. The smallest absolute Gasteiger partial charge is 0.317 e. The first-order chi connectivity index (χ1) is 8.65. The number of carboxylic acids is 1. The van der Waals surface area contributed by atoms with Crippen LogP contribution in [0.25, 0.3) is 0 Å². The van der Waals surface area contributed by atoms with Crippen LogP contribution in [0.1, 0.15) is 6.42 Å². The number of hydrogen-bond donors (Lipinski definition) is 1. The number of anilines is 1. The van der Waals surface area contributed by atoms with Crippen LogP contribution >= 0.6 is 11.6 Å². The molecule has 0 aromatic carbocycles. The minimum absolute atomic E-state index is 0.0974. The fraction of sp³-hybridized carbons (Fsp3) is 0.545. The molecule has 1 aliphatic rings. The van der Waals surface area contributed by atoms with Crippen molar-refractivity contribution in [2.24, 2.45) is 0 Å². The fourth-order valence-electron chi connectivity index (χ4n) is 2.03. The lowest BCUT2D eigenvalue weighted by Gasteiger charge is -2.21. The van der Waals surface area contributed by atoms with Crippen molar-refractivity contribution in [1.29, 1.82) is 0 Å². The molecule has 18 heavy (non-hydrogen) atoms. The topological polar surface area (TPSA) is 69.6 Å². The van der Waals surface area contributed by atoms with E-state index in [2.05, 4.69) is 15.1 Å². The fourth-order valence-corrected chi connectivity index (χ4v) is 2.13. The third-order valence-electron chi connectivity index (χ3n) is 2.89. The minimum atomic E-state index is -0.783. The first-order valence-electron chi connectivity index (χ1n) is 5.83. The molecule has 2 rings (SSSR count). The molecule has 2 heterocycles. The van der Waals surface area contributed by atoms with Crippen molar-refractivity contribution in [3.63, 3.8) is 0 Å². The Bertz CT molecular complexity index is 412. The predicted molar refractivity (Wildman–Crippen MR) is 67.9 cm³/mol. The average Bonchev–Trinajstić information content (AvgIpc) is 2.55. The van der Waals surface area contributed by atoms with Crippen LogP contribution in [0.5, 0.6) is 0 Å². The van der Waals surface area contributed by atoms with Gasteiger partial charge in [-0.1, -0.05) is 11.6 Å². The second-order valence-corrected chi connectivity index (χ2v) is 4.61. The SMILES string of the molecule is O=C(O)CN1CCCN(c2ccc(Cl)nn2)CC1. The highest BCUT2D eigenvalue weighted by atomic mass is 35.5. The molecule has 6 nitrogen and oxygen atoms in total. The van der Waals surface area contributed by atoms with Gasteiger partial charge in [0.15, 0.2) is 11.0 Å². The third-order valence-corrected chi connectivity index (χ3v) is 3.09. The molecule has 1 aliphatic heterocycles. The number of hydrogen-bond acceptors (Lipinski definition) is 5. The Balaban J connectivity index is 1.96. The maximum atomic E-state index is 10.7. The second kappa shape index (κ2) is 5.97. The molecule has 1 aromatic heterocycles. The molecular formula is C11H15ClN4O2. The lowest BCUT2D eigenvalue weighted by molar-refractivity contribution is -0.138. The highest BCUT2D eigenvalue weighted by Gasteiger charge is 2.17. The Morgan fingerprint density at radius 3 is 2.78 bits per heavy atom. The Morgan fingerprint density at radius 1 is 1.28 bits per heavy atom. The molecule has 0 amide bonds. The Kier molecular flexibility index (Phi) is 4.33. The Labute approximate surface area is 110 Å². The largest absolute Gasteiger partial charge is 0.480 e. The number of aliphatic carboxylic acids is 1. The van der Waals surface area contributed by atoms with Gasteiger partial charge in [0.05, 0.1) is 6.54 Å². The van der Waals surface area contributed by atoms with Crippen LogP contribution in [0.15, 0.2) is 12.1 Å². The molecular weight excluding hydrogens is 256 g/mol. The van der Waals surface area contributed by atoms with E-state index in [1.165, 1.54) is 0 Å². The zero-order valence-electron chi connectivity index (χ0n) is 9.92. The number of rotatable bonds is 3. The van der Waals surface area contributed by atoms with Crippen LogP contribution in [-0.2, 0) is 4.79 Å². The number of carbonyl (C=O) groups is 1. The number of nitrogens with zero attached hydrogens (tertiary/aromatic N) is 4. The van der Waals surface area contributed by atoms with Gasteiger partial charge in [-0.25, -0.2) is 0 Å². The maximum Gasteiger partial charge on any atom is 0.317 e. The van der Waals surface area contributed by atoms with Crippen molar-refractivity contribution in [1.82, 2.24) is 15.1 Å². The number of aromatic nitrogens is 2. The first kappa shape index (κ1) is 13.0. The molecule has 1 fully saturated rings. The van der Waals surface area contributed by atoms with E-state index in [1.54, 1.807) is 6.07 Å². The van der Waals surface area contributed by atoms with E-state index in [0.29, 0.717) is 5.15 Å². The van der Waals surface area contributed by atoms with E-state index in [-0.39, 0.29) is 6.54 Å². The van der Waals surface area contributed by atoms with E-state index in [0.717, 1.165) is 38.4 Å². The summed E-state index contributed by atoms with van der Waals surface area (Å²) in [5, 5.41) is 17.0. The molecule has 7 heteroatoms. The summed E-state index contributed by atoms with van der Waals surface area (Å²) < 4.78 is 0. The van der Waals surface area contributed by atoms with Gasteiger partial charge in [-0.05, 0) is 18.6 Å². The lowest BCUT2D eigenvalue weighted by atomic mass is 10.3. The molecule has 0 radical (unpaired) electrons. The Hall–Kier alpha value is -1.40. The van der Waals surface area contributed by atoms with Crippen LogP contribution in [0.4, 0.5) is 5.82 Å². The summed E-state index contributed by atoms with van der Waals surface area (Å²) in [5.74, 6) is 0.00584. The van der Waals surface area contributed by atoms with Gasteiger partial charge in [-0.15, -0.1) is 10.2 Å². The van der Waals surface area contributed by atoms with Crippen molar-refractivity contribution < 1.29 is 9.90 Å². The molecule has 98 valence electrons. The number of carboxylic acid groups (broad SMARTS) is 1. The van der Waals surface area contributed by atoms with Crippen LogP contribution in [0.3, 0.4) is 0 Å². The van der Waals surface area contributed by atoms with E-state index >= 15 is 0 Å². The summed E-state index contributed by atoms with van der Waals surface area (Å²) in [6.07, 6.45) is 0.914. The summed E-state index contributed by atoms with van der Waals surface area (Å²) in [6.45, 7) is 3.22. The molecule has 0 unspecified atom stereocenters. The van der Waals surface area contributed by atoms with Gasteiger partial charge in [0.2, 0.25) is 0 Å². The van der Waals surface area contributed by atoms with Crippen LogP contribution in [-0.4, -0.2) is 58.9 Å². The second-order valence-electron chi connectivity index (χ2n) is 4.22. The van der Waals surface area contributed by atoms with Gasteiger partial charge in [-0.3, -0.25) is 9.69 Å². The summed E-state index contributed by atoms with van der Waals surface area (Å²) in [6, 6.07) is 3.55. The highest BCUT2D eigenvalue weighted by Crippen LogP contribution is 2.14. The molecule has 1 saturated heterocycles. The zero-order valence-corrected chi connectivity index (χ0v) is 10.7. The van der Waals surface area contributed by atoms with E-state index in [4.69, 9.17) is 16.7 Å². The molecule has 0 aliphatic carbocycles. The molecule has 1 N–H and O–H groups in total. The van der Waals surface area contributed by atoms with E-state index < -0.39 is 5.97 Å². The number of halogens is 1. The van der Waals surface area contributed by atoms with Gasteiger partial charge in [0, 0.05) is 26.2 Å². The molecule has 1 aromatic rings. The standard InChI is InChI=1S/C11H15ClN4O2/c12-9-2-3-10(14-13-9)16-5-1-4-15(6-7-16)8-11(17)18/h2-3H,1,4-8H2,(H,17,18). The van der Waals surface area contributed by atoms with Gasteiger partial charge in [-0.2, -0.15) is 0 Å². The van der Waals surface area contributed by atoms with Gasteiger partial charge in [0.25, 0.3) is 0 Å². The van der Waals surface area contributed by atoms with Crippen LogP contribution in [0, 0.1) is 0 Å². The van der Waals surface area contributed by atoms with Crippen LogP contribution in [0.2, 0.25) is 5.15 Å². The first-order valence-corrected chi connectivity index (χ1v) is 6.21. The van der Waals surface area contributed by atoms with E-state index in [1.807, 2.05) is 11.0 Å². The van der Waals surface area contributed by atoms with Crippen molar-refractivity contribution in [3.8, 4) is 0 Å². The van der Waals surface area contributed by atoms with Crippen molar-refractivity contribution in [2.45, 2.75) is 6.42 Å². The summed E-state index contributed by atoms with van der Waals surface area (Å²) in [4.78, 5) is 14.7. The van der Waals surface area contributed by atoms with Gasteiger partial charge >= 0.3 is 5.97 Å². The summed E-state index contributed by atoms with van der Waals surface area (Å²) >= 11 is 5.70. The average molecular weight is 271 g/mol. The van der Waals surface area contributed by atoms with Gasteiger partial charge in [0.1, 0.15) is 0 Å². The Morgan fingerprint density at radius 2 is 2.11 bits per heavy atom. The quantitative estimate of drug-likeness (QED) is 0.873. The van der Waals surface area contributed by atoms with Crippen molar-refractivity contribution in [2.75, 3.05) is 37.6 Å². The predicted octanol–water partition coefficient (Wildman–Crippen LogP) is 0.727. The van der Waals surface area contributed by atoms with Crippen molar-refractivity contribution in [3.05, 3.63) is 17.3 Å². The lowest BCUT2D eigenvalue weighted by Crippen LogP contribution is -2.34. The normalized spacial score (nSPS) is 17.5. The third kappa shape index (κ3) is 3.54. The van der Waals surface area contributed by atoms with Crippen LogP contribution < -0.4 is 4.90 Å². The highest BCUT2D eigenvalue weighted by molar-refractivity contribution is 6.29. The van der Waals surface area contributed by atoms with E-state index in [9.17, 15) is 4.79 Å². The summed E-state index contributed by atoms with van der Waals surface area (Å²) in [5.41, 5.74) is 0. The zero-order chi connectivity index (χ0) is 13.0.